The fourth-order valence-corrected chi connectivity index (χ4v) is 3.55. The summed E-state index contributed by atoms with van der Waals surface area (Å²) in [6, 6.07) is 2.68. The van der Waals surface area contributed by atoms with Crippen molar-refractivity contribution in [3.63, 3.8) is 0 Å². The third kappa shape index (κ3) is 11.8. The van der Waals surface area contributed by atoms with Gasteiger partial charge in [0.15, 0.2) is 0 Å². The summed E-state index contributed by atoms with van der Waals surface area (Å²) in [4.78, 5) is 63.1. The Morgan fingerprint density at radius 3 is 2.53 bits per heavy atom. The van der Waals surface area contributed by atoms with E-state index in [1.807, 2.05) is 13.8 Å². The van der Waals surface area contributed by atoms with Crippen LogP contribution in [0.5, 0.6) is 0 Å². The van der Waals surface area contributed by atoms with Gasteiger partial charge in [-0.1, -0.05) is 32.3 Å². The summed E-state index contributed by atoms with van der Waals surface area (Å²) < 4.78 is 4.74. The maximum Gasteiger partial charge on any atom is 0.384 e. The van der Waals surface area contributed by atoms with E-state index < -0.39 is 35.6 Å². The fraction of sp³-hybridized carbons (Fsp3) is 0.444. The van der Waals surface area contributed by atoms with Gasteiger partial charge >= 0.3 is 5.97 Å². The number of ether oxygens (including phenoxy) is 1. The lowest BCUT2D eigenvalue weighted by molar-refractivity contribution is -0.136. The van der Waals surface area contributed by atoms with E-state index in [2.05, 4.69) is 33.8 Å². The summed E-state index contributed by atoms with van der Waals surface area (Å²) in [7, 11) is 0. The number of nitrogens with zero attached hydrogens (tertiary/aromatic N) is 1. The van der Waals surface area contributed by atoms with Gasteiger partial charge in [-0.2, -0.15) is 11.3 Å². The molecule has 38 heavy (non-hydrogen) atoms. The molecule has 0 spiro atoms. The van der Waals surface area contributed by atoms with Crippen LogP contribution in [-0.2, 0) is 23.9 Å². The topological polar surface area (TPSA) is 134 Å². The molecule has 0 saturated carbocycles. The molecule has 1 rings (SSSR count). The van der Waals surface area contributed by atoms with Gasteiger partial charge in [-0.05, 0) is 44.1 Å². The summed E-state index contributed by atoms with van der Waals surface area (Å²) in [6.45, 7) is 7.46. The predicted octanol–water partition coefficient (Wildman–Crippen LogP) is 1.79. The van der Waals surface area contributed by atoms with Crippen LogP contribution in [-0.4, -0.2) is 60.2 Å². The molecule has 3 N–H and O–H groups in total. The first-order valence-electron chi connectivity index (χ1n) is 12.1. The van der Waals surface area contributed by atoms with Gasteiger partial charge in [-0.3, -0.25) is 24.1 Å². The van der Waals surface area contributed by atoms with E-state index in [9.17, 15) is 24.0 Å². The largest absolute Gasteiger partial charge is 0.456 e. The Morgan fingerprint density at radius 2 is 1.95 bits per heavy atom. The number of esters is 1. The van der Waals surface area contributed by atoms with Crippen LogP contribution in [0.3, 0.4) is 0 Å². The average Bonchev–Trinajstić information content (AvgIpc) is 3.42. The quantitative estimate of drug-likeness (QED) is 0.114. The number of nitrogens with one attached hydrogen (secondary N) is 3. The molecule has 0 aromatic carbocycles. The first-order valence-corrected chi connectivity index (χ1v) is 13.1. The highest BCUT2D eigenvalue weighted by atomic mass is 32.1. The van der Waals surface area contributed by atoms with Crippen LogP contribution < -0.4 is 16.0 Å². The lowest BCUT2D eigenvalue weighted by Gasteiger charge is -2.21. The molecule has 1 heterocycles. The molecule has 204 valence electrons. The molecule has 1 aromatic heterocycles. The number of rotatable bonds is 13. The number of hydrogen-bond acceptors (Lipinski definition) is 7. The van der Waals surface area contributed by atoms with Crippen molar-refractivity contribution in [2.45, 2.75) is 53.0 Å². The molecule has 11 heteroatoms. The number of hydrogen-bond donors (Lipinski definition) is 3. The minimum atomic E-state index is -1.08. The Hall–Kier alpha value is -4.09. The van der Waals surface area contributed by atoms with E-state index >= 15 is 0 Å². The molecule has 0 saturated heterocycles. The van der Waals surface area contributed by atoms with E-state index in [1.54, 1.807) is 23.8 Å². The van der Waals surface area contributed by atoms with E-state index in [-0.39, 0.29) is 31.7 Å². The van der Waals surface area contributed by atoms with E-state index in [1.165, 1.54) is 24.3 Å². The van der Waals surface area contributed by atoms with Crippen LogP contribution in [0.2, 0.25) is 0 Å². The third-order valence-corrected chi connectivity index (χ3v) is 5.64. The van der Waals surface area contributed by atoms with Crippen molar-refractivity contribution in [2.24, 2.45) is 5.92 Å². The van der Waals surface area contributed by atoms with E-state index in [0.29, 0.717) is 18.0 Å². The minimum Gasteiger partial charge on any atom is -0.456 e. The number of amides is 4. The van der Waals surface area contributed by atoms with Crippen LogP contribution >= 0.6 is 11.3 Å². The fourth-order valence-electron chi connectivity index (χ4n) is 2.91. The maximum atomic E-state index is 13.1. The highest BCUT2D eigenvalue weighted by Crippen LogP contribution is 2.08. The standard InChI is InChI=1S/C27H34N4O6S/c1-6-21(27(36)31(7-2)17-23(32)28-15-13-19(4)5)29-26(35)22(11-9-10-12-24(33)37-8-3)30-25(34)20-14-16-38-18-20/h2,6,14,16,18-19,22H,8-9,11,13,15,17H2,1,3-5H3,(H,28,32)(H,29,35)(H,30,34)/b21-6+/t22-/m0/s1. The molecule has 10 nitrogen and oxygen atoms in total. The SMILES string of the molecule is C#CN(CC(=O)NCCC(C)C)C(=O)/C(=C\C)NC(=O)[C@H](CCC#CC(=O)OCC)NC(=O)c1ccsc1. The zero-order valence-electron chi connectivity index (χ0n) is 22.1. The van der Waals surface area contributed by atoms with Gasteiger partial charge in [-0.25, -0.2) is 4.79 Å². The van der Waals surface area contributed by atoms with Crippen molar-refractivity contribution < 1.29 is 28.7 Å². The van der Waals surface area contributed by atoms with Gasteiger partial charge in [0.25, 0.3) is 11.8 Å². The summed E-state index contributed by atoms with van der Waals surface area (Å²) in [5, 5.41) is 11.2. The number of thiophene rings is 1. The Balaban J connectivity index is 2.92. The molecule has 0 bridgehead atoms. The third-order valence-electron chi connectivity index (χ3n) is 4.95. The second-order valence-corrected chi connectivity index (χ2v) is 9.12. The molecular formula is C27H34N4O6S. The first kappa shape index (κ1) is 31.9. The number of carbonyl (C=O) groups is 5. The summed E-state index contributed by atoms with van der Waals surface area (Å²) in [6.07, 6.45) is 7.72. The second-order valence-electron chi connectivity index (χ2n) is 8.34. The number of carbonyl (C=O) groups excluding carboxylic acids is 5. The lowest BCUT2D eigenvalue weighted by Crippen LogP contribution is -2.48. The van der Waals surface area contributed by atoms with Crippen molar-refractivity contribution >= 4 is 40.9 Å². The van der Waals surface area contributed by atoms with Crippen LogP contribution in [0.15, 0.2) is 28.6 Å². The monoisotopic (exact) mass is 542 g/mol. The summed E-state index contributed by atoms with van der Waals surface area (Å²) in [5.74, 6) is 2.26. The van der Waals surface area contributed by atoms with Crippen molar-refractivity contribution in [1.29, 1.82) is 0 Å². The molecule has 4 amide bonds. The zero-order chi connectivity index (χ0) is 28.5. The van der Waals surface area contributed by atoms with E-state index in [0.717, 1.165) is 11.3 Å². The Kier molecular flexibility index (Phi) is 14.6. The van der Waals surface area contributed by atoms with Crippen LogP contribution in [0, 0.1) is 30.2 Å². The molecule has 0 radical (unpaired) electrons. The first-order chi connectivity index (χ1) is 18.1. The molecule has 0 fully saturated rings. The van der Waals surface area contributed by atoms with Crippen molar-refractivity contribution in [3.8, 4) is 24.3 Å². The lowest BCUT2D eigenvalue weighted by atomic mass is 10.1. The average molecular weight is 543 g/mol. The Morgan fingerprint density at radius 1 is 1.21 bits per heavy atom. The zero-order valence-corrected chi connectivity index (χ0v) is 22.9. The molecule has 1 aromatic rings. The van der Waals surface area contributed by atoms with Gasteiger partial charge in [0.2, 0.25) is 11.8 Å². The molecule has 0 aliphatic heterocycles. The van der Waals surface area contributed by atoms with Gasteiger partial charge in [0.1, 0.15) is 18.3 Å². The molecule has 0 unspecified atom stereocenters. The molecule has 1 atom stereocenters. The normalized spacial score (nSPS) is 11.3. The van der Waals surface area contributed by atoms with Gasteiger partial charge in [0.05, 0.1) is 12.2 Å². The highest BCUT2D eigenvalue weighted by Gasteiger charge is 2.26. The Labute approximate surface area is 227 Å². The van der Waals surface area contributed by atoms with Crippen LogP contribution in [0.1, 0.15) is 57.3 Å². The van der Waals surface area contributed by atoms with Gasteiger partial charge in [0, 0.05) is 30.3 Å². The number of allylic oxidation sites excluding steroid dienone is 1. The smallest absolute Gasteiger partial charge is 0.384 e. The van der Waals surface area contributed by atoms with Crippen LogP contribution in [0.25, 0.3) is 0 Å². The van der Waals surface area contributed by atoms with Gasteiger partial charge < -0.3 is 20.7 Å². The molecular weight excluding hydrogens is 508 g/mol. The molecule has 0 aliphatic carbocycles. The minimum absolute atomic E-state index is 0.0520. The molecule has 0 aliphatic rings. The van der Waals surface area contributed by atoms with Crippen LogP contribution in [0.4, 0.5) is 0 Å². The Bertz CT molecular complexity index is 1110. The summed E-state index contributed by atoms with van der Waals surface area (Å²) in [5.41, 5.74) is 0.213. The highest BCUT2D eigenvalue weighted by molar-refractivity contribution is 7.08. The van der Waals surface area contributed by atoms with E-state index in [4.69, 9.17) is 11.2 Å². The van der Waals surface area contributed by atoms with Crippen molar-refractivity contribution in [1.82, 2.24) is 20.9 Å². The number of terminal acetylenes is 1. The van der Waals surface area contributed by atoms with Gasteiger partial charge in [-0.15, -0.1) is 0 Å². The van der Waals surface area contributed by atoms with Crippen molar-refractivity contribution in [2.75, 3.05) is 19.7 Å². The summed E-state index contributed by atoms with van der Waals surface area (Å²) >= 11 is 1.32. The van der Waals surface area contributed by atoms with Crippen molar-refractivity contribution in [3.05, 3.63) is 34.2 Å². The second kappa shape index (κ2) is 17.4. The predicted molar refractivity (Wildman–Crippen MR) is 144 cm³/mol. The maximum absolute atomic E-state index is 13.1.